The van der Waals surface area contributed by atoms with Crippen molar-refractivity contribution in [3.8, 4) is 23.0 Å². The Morgan fingerprint density at radius 3 is 1.96 bits per heavy atom. The number of nitrogens with zero attached hydrogens (tertiary/aromatic N) is 1. The van der Waals surface area contributed by atoms with Crippen LogP contribution in [-0.4, -0.2) is 92.1 Å². The normalized spacial score (nSPS) is 37.1. The number of likely N-dealkylation sites (tertiary alicyclic amines) is 1. The lowest BCUT2D eigenvalue weighted by Crippen LogP contribution is -2.66. The van der Waals surface area contributed by atoms with Crippen LogP contribution in [0.2, 0.25) is 0 Å². The van der Waals surface area contributed by atoms with Crippen LogP contribution in [0.1, 0.15) is 49.9 Å². The summed E-state index contributed by atoms with van der Waals surface area (Å²) in [5, 5.41) is 24.8. The van der Waals surface area contributed by atoms with Crippen LogP contribution in [0.15, 0.2) is 48.6 Å². The Bertz CT molecular complexity index is 1690. The molecule has 8 unspecified atom stereocenters. The molecule has 4 aliphatic carbocycles. The van der Waals surface area contributed by atoms with Gasteiger partial charge in [-0.05, 0) is 55.5 Å². The third-order valence-corrected chi connectivity index (χ3v) is 12.4. The van der Waals surface area contributed by atoms with E-state index in [0.29, 0.717) is 24.3 Å². The van der Waals surface area contributed by atoms with Crippen LogP contribution >= 0.6 is 0 Å². The molecule has 10 heteroatoms. The van der Waals surface area contributed by atoms with E-state index in [-0.39, 0.29) is 55.9 Å². The second kappa shape index (κ2) is 11.4. The number of rotatable bonds is 2. The van der Waals surface area contributed by atoms with Crippen LogP contribution in [0, 0.1) is 11.8 Å². The maximum Gasteiger partial charge on any atom is 0.409 e. The van der Waals surface area contributed by atoms with E-state index < -0.39 is 12.2 Å². The molecule has 0 saturated carbocycles. The minimum atomic E-state index is -0.662. The van der Waals surface area contributed by atoms with E-state index in [1.54, 1.807) is 14.2 Å². The van der Waals surface area contributed by atoms with Crippen LogP contribution in [0.25, 0.3) is 0 Å². The molecule has 2 aromatic carbocycles. The van der Waals surface area contributed by atoms with Gasteiger partial charge < -0.3 is 44.1 Å². The molecule has 10 nitrogen and oxygen atoms in total. The number of methoxy groups -OCH3 is 3. The van der Waals surface area contributed by atoms with E-state index >= 15 is 0 Å². The molecule has 1 amide bonds. The summed E-state index contributed by atoms with van der Waals surface area (Å²) in [5.41, 5.74) is 4.62. The summed E-state index contributed by atoms with van der Waals surface area (Å²) < 4.78 is 28.6. The number of amides is 1. The highest BCUT2D eigenvalue weighted by Crippen LogP contribution is 2.63. The highest BCUT2D eigenvalue weighted by Gasteiger charge is 2.66. The van der Waals surface area contributed by atoms with Crippen molar-refractivity contribution >= 4 is 6.09 Å². The van der Waals surface area contributed by atoms with E-state index in [2.05, 4.69) is 29.6 Å². The Morgan fingerprint density at radius 2 is 1.38 bits per heavy atom. The lowest BCUT2D eigenvalue weighted by molar-refractivity contribution is -0.0472. The fourth-order valence-electron chi connectivity index (χ4n) is 10.7. The number of aliphatic hydroxyl groups excluding tert-OH is 2. The summed E-state index contributed by atoms with van der Waals surface area (Å²) >= 11 is 0. The van der Waals surface area contributed by atoms with E-state index in [1.807, 2.05) is 29.2 Å². The minimum absolute atomic E-state index is 0. The van der Waals surface area contributed by atoms with E-state index in [4.69, 9.17) is 23.7 Å². The number of hydrogen-bond donors (Lipinski definition) is 3. The third-order valence-electron chi connectivity index (χ3n) is 12.4. The fourth-order valence-corrected chi connectivity index (χ4v) is 10.7. The average Bonchev–Trinajstić information content (AvgIpc) is 3.60. The fraction of sp³-hybridized carbons (Fsp3) is 0.553. The predicted molar refractivity (Wildman–Crippen MR) is 180 cm³/mol. The van der Waals surface area contributed by atoms with Crippen molar-refractivity contribution in [3.63, 3.8) is 0 Å². The second-order valence-electron chi connectivity index (χ2n) is 13.9. The zero-order valence-electron chi connectivity index (χ0n) is 26.3. The van der Waals surface area contributed by atoms with Crippen LogP contribution in [0.5, 0.6) is 23.0 Å². The molecule has 258 valence electrons. The number of nitrogens with one attached hydrogen (secondary N) is 1. The Hall–Kier alpha value is -3.73. The average molecular weight is 661 g/mol. The van der Waals surface area contributed by atoms with Gasteiger partial charge in [0.2, 0.25) is 0 Å². The van der Waals surface area contributed by atoms with Crippen molar-refractivity contribution in [1.29, 1.82) is 0 Å². The minimum Gasteiger partial charge on any atom is -0.493 e. The van der Waals surface area contributed by atoms with Crippen LogP contribution < -0.4 is 24.3 Å². The first-order chi connectivity index (χ1) is 22.4. The van der Waals surface area contributed by atoms with Crippen molar-refractivity contribution < 1.29 is 38.7 Å². The monoisotopic (exact) mass is 660 g/mol. The maximum absolute atomic E-state index is 12.3. The van der Waals surface area contributed by atoms with Gasteiger partial charge in [0.25, 0.3) is 0 Å². The van der Waals surface area contributed by atoms with Crippen molar-refractivity contribution in [2.45, 2.75) is 87.9 Å². The van der Waals surface area contributed by atoms with E-state index in [9.17, 15) is 15.0 Å². The summed E-state index contributed by atoms with van der Waals surface area (Å²) in [4.78, 5) is 14.1. The molecule has 4 heterocycles. The summed E-state index contributed by atoms with van der Waals surface area (Å²) in [5.74, 6) is 3.65. The van der Waals surface area contributed by atoms with Crippen molar-refractivity contribution in [2.75, 3.05) is 34.4 Å². The number of aliphatic hydroxyl groups is 2. The molecule has 2 fully saturated rings. The molecule has 10 atom stereocenters. The molecular formula is C38H48N2O8. The largest absolute Gasteiger partial charge is 0.493 e. The standard InChI is InChI=1S/C19H21NO5.C17H19NO3.2CH4/c1-23-14-6-3-10-9-12-11-4-5-13(21)17-19(11,15(10)16(14)25-17)7-8-20(12)18(22)24-2;1-20-13-5-2-9-8-11-10-3-4-12(19)16-17(10,6-7-18-11)14(9)15(13)21-16;;/h3-6,11-13,17,21H,7-9H2,1-2H3;2-5,10-12,16,18-19H,6-8H2,1H3;2*1H4/t11?,12?,13?,17?,19-;10?,11?,12?,16?,17-;;/m00../s1. The highest BCUT2D eigenvalue weighted by molar-refractivity contribution is 5.70. The van der Waals surface area contributed by atoms with Crippen LogP contribution in [-0.2, 0) is 28.4 Å². The van der Waals surface area contributed by atoms with Crippen molar-refractivity contribution in [2.24, 2.45) is 11.8 Å². The number of carbonyl (C=O) groups is 1. The Morgan fingerprint density at radius 1 is 0.812 bits per heavy atom. The molecule has 48 heavy (non-hydrogen) atoms. The number of ether oxygens (including phenoxy) is 5. The molecule has 4 bridgehead atoms. The number of carbonyl (C=O) groups excluding carboxylic acids is 1. The van der Waals surface area contributed by atoms with Gasteiger partial charge in [-0.25, -0.2) is 4.79 Å². The molecule has 2 saturated heterocycles. The quantitative estimate of drug-likeness (QED) is 0.410. The van der Waals surface area contributed by atoms with E-state index in [1.165, 1.54) is 29.4 Å². The van der Waals surface area contributed by atoms with Gasteiger partial charge in [0.05, 0.1) is 21.3 Å². The molecule has 2 aromatic rings. The van der Waals surface area contributed by atoms with Crippen LogP contribution in [0.3, 0.4) is 0 Å². The third kappa shape index (κ3) is 3.93. The summed E-state index contributed by atoms with van der Waals surface area (Å²) in [6.45, 7) is 1.59. The topological polar surface area (TPSA) is 119 Å². The molecule has 0 radical (unpaired) electrons. The van der Waals surface area contributed by atoms with Crippen LogP contribution in [0.4, 0.5) is 4.79 Å². The van der Waals surface area contributed by atoms with Crippen molar-refractivity contribution in [3.05, 3.63) is 70.8 Å². The van der Waals surface area contributed by atoms with Gasteiger partial charge in [0.1, 0.15) is 24.4 Å². The van der Waals surface area contributed by atoms with Gasteiger partial charge in [0, 0.05) is 52.4 Å². The SMILES string of the molecule is C.C.COC(=O)N1CC[C@]23c4c5ccc(OC)c4OC2C(O)C=CC3C1C5.COc1ccc2c3c1OC1C(O)C=CC4C(C2)NCC[C@@]341. The molecule has 0 aromatic heterocycles. The van der Waals surface area contributed by atoms with Crippen molar-refractivity contribution in [1.82, 2.24) is 10.2 Å². The van der Waals surface area contributed by atoms with E-state index in [0.717, 1.165) is 49.5 Å². The number of piperidine rings is 2. The first-order valence-corrected chi connectivity index (χ1v) is 16.4. The molecule has 10 rings (SSSR count). The van der Waals surface area contributed by atoms with Gasteiger partial charge in [0.15, 0.2) is 23.0 Å². The lowest BCUT2D eigenvalue weighted by atomic mass is 9.53. The lowest BCUT2D eigenvalue weighted by Gasteiger charge is -2.56. The molecule has 8 aliphatic rings. The zero-order chi connectivity index (χ0) is 31.5. The molecular weight excluding hydrogens is 612 g/mol. The first-order valence-electron chi connectivity index (χ1n) is 16.4. The smallest absolute Gasteiger partial charge is 0.409 e. The second-order valence-corrected chi connectivity index (χ2v) is 13.9. The maximum atomic E-state index is 12.3. The number of hydrogen-bond acceptors (Lipinski definition) is 9. The molecule has 2 spiro atoms. The summed E-state index contributed by atoms with van der Waals surface area (Å²) in [6.07, 6.45) is 9.52. The molecule has 4 aliphatic heterocycles. The number of benzene rings is 2. The highest BCUT2D eigenvalue weighted by atomic mass is 16.5. The Kier molecular flexibility index (Phi) is 7.81. The summed E-state index contributed by atoms with van der Waals surface area (Å²) in [6, 6.07) is 8.62. The van der Waals surface area contributed by atoms with Gasteiger partial charge in [-0.1, -0.05) is 51.3 Å². The predicted octanol–water partition coefficient (Wildman–Crippen LogP) is 4.07. The Balaban J connectivity index is 0.000000148. The summed E-state index contributed by atoms with van der Waals surface area (Å²) in [7, 11) is 4.74. The molecule has 3 N–H and O–H groups in total. The van der Waals surface area contributed by atoms with Gasteiger partial charge in [-0.3, -0.25) is 0 Å². The Labute approximate surface area is 282 Å². The van der Waals surface area contributed by atoms with Gasteiger partial charge >= 0.3 is 6.09 Å². The first kappa shape index (κ1) is 32.8. The zero-order valence-corrected chi connectivity index (χ0v) is 26.3. The van der Waals surface area contributed by atoms with Gasteiger partial charge in [-0.15, -0.1) is 0 Å². The van der Waals surface area contributed by atoms with Gasteiger partial charge in [-0.2, -0.15) is 0 Å².